The summed E-state index contributed by atoms with van der Waals surface area (Å²) in [6, 6.07) is 10.1. The van der Waals surface area contributed by atoms with Crippen LogP contribution < -0.4 is 19.7 Å². The molecule has 2 aromatic carbocycles. The molecular weight excluding hydrogens is 442 g/mol. The summed E-state index contributed by atoms with van der Waals surface area (Å²) in [5, 5.41) is 2.90. The van der Waals surface area contributed by atoms with E-state index in [1.807, 2.05) is 0 Å². The zero-order chi connectivity index (χ0) is 23.6. The third-order valence-corrected chi connectivity index (χ3v) is 8.36. The zero-order valence-electron chi connectivity index (χ0n) is 19.3. The Balaban J connectivity index is 1.70. The van der Waals surface area contributed by atoms with Crippen molar-refractivity contribution in [3.63, 3.8) is 0 Å². The highest BCUT2D eigenvalue weighted by Gasteiger charge is 2.27. The van der Waals surface area contributed by atoms with Crippen molar-refractivity contribution < 1.29 is 22.7 Å². The molecule has 0 radical (unpaired) electrons. The van der Waals surface area contributed by atoms with Gasteiger partial charge >= 0.3 is 0 Å². The number of hydrogen-bond acceptors (Lipinski definition) is 6. The predicted molar refractivity (Wildman–Crippen MR) is 128 cm³/mol. The first-order valence-corrected chi connectivity index (χ1v) is 12.9. The van der Waals surface area contributed by atoms with E-state index in [2.05, 4.69) is 17.1 Å². The van der Waals surface area contributed by atoms with Crippen LogP contribution in [0.3, 0.4) is 0 Å². The van der Waals surface area contributed by atoms with Gasteiger partial charge in [0.1, 0.15) is 0 Å². The molecule has 0 aromatic heterocycles. The fourth-order valence-corrected chi connectivity index (χ4v) is 5.75. The van der Waals surface area contributed by atoms with Gasteiger partial charge in [-0.1, -0.05) is 20.8 Å². The van der Waals surface area contributed by atoms with Crippen LogP contribution in [0.1, 0.15) is 44.0 Å². The number of sulfonamides is 1. The average Bonchev–Trinajstić information content (AvgIpc) is 3.28. The lowest BCUT2D eigenvalue weighted by Crippen LogP contribution is -2.35. The number of amides is 1. The van der Waals surface area contributed by atoms with E-state index in [-0.39, 0.29) is 17.6 Å². The van der Waals surface area contributed by atoms with Crippen molar-refractivity contribution in [2.75, 3.05) is 43.2 Å². The van der Waals surface area contributed by atoms with E-state index >= 15 is 0 Å². The summed E-state index contributed by atoms with van der Waals surface area (Å²) in [6.07, 6.45) is 2.06. The Morgan fingerprint density at radius 2 is 1.76 bits per heavy atom. The van der Waals surface area contributed by atoms with Crippen molar-refractivity contribution in [3.05, 3.63) is 42.0 Å². The maximum absolute atomic E-state index is 13.4. The first-order valence-electron chi connectivity index (χ1n) is 11.4. The molecule has 4 rings (SSSR count). The van der Waals surface area contributed by atoms with E-state index in [1.165, 1.54) is 10.4 Å². The van der Waals surface area contributed by atoms with Crippen LogP contribution in [0.15, 0.2) is 41.3 Å². The van der Waals surface area contributed by atoms with E-state index in [1.54, 1.807) is 44.2 Å². The van der Waals surface area contributed by atoms with Gasteiger partial charge in [0.25, 0.3) is 5.91 Å². The Morgan fingerprint density at radius 1 is 1.06 bits per heavy atom. The summed E-state index contributed by atoms with van der Waals surface area (Å²) < 4.78 is 38.4. The van der Waals surface area contributed by atoms with Gasteiger partial charge < -0.3 is 19.7 Å². The summed E-state index contributed by atoms with van der Waals surface area (Å²) in [7, 11) is -3.70. The standard InChI is InChI=1S/C24H31N3O5S/c1-4-27(5-2)33(29,30)19-7-8-21(26-12-10-17(3)11-13-26)20(15-19)24(28)25-18-6-9-22-23(14-18)32-16-31-22/h6-9,14-15,17H,4-5,10-13,16H2,1-3H3,(H,25,28). The van der Waals surface area contributed by atoms with Crippen LogP contribution in [0, 0.1) is 5.92 Å². The average molecular weight is 474 g/mol. The number of carbonyl (C=O) groups is 1. The van der Waals surface area contributed by atoms with Gasteiger partial charge in [-0.15, -0.1) is 0 Å². The van der Waals surface area contributed by atoms with Gasteiger partial charge in [0.2, 0.25) is 16.8 Å². The second kappa shape index (κ2) is 9.61. The number of hydrogen-bond donors (Lipinski definition) is 1. The number of fused-ring (bicyclic) bond motifs is 1. The summed E-state index contributed by atoms with van der Waals surface area (Å²) in [5.74, 6) is 1.47. The lowest BCUT2D eigenvalue weighted by atomic mass is 9.98. The molecule has 1 amide bonds. The Labute approximate surface area is 195 Å². The number of piperidine rings is 1. The molecule has 1 fully saturated rings. The third-order valence-electron chi connectivity index (χ3n) is 6.31. The van der Waals surface area contributed by atoms with Gasteiger partial charge in [0, 0.05) is 43.6 Å². The van der Waals surface area contributed by atoms with E-state index in [4.69, 9.17) is 9.47 Å². The second-order valence-electron chi connectivity index (χ2n) is 8.46. The molecule has 0 aliphatic carbocycles. The maximum Gasteiger partial charge on any atom is 0.257 e. The lowest BCUT2D eigenvalue weighted by molar-refractivity contribution is 0.102. The minimum atomic E-state index is -3.70. The van der Waals surface area contributed by atoms with Crippen LogP contribution in [0.4, 0.5) is 11.4 Å². The summed E-state index contributed by atoms with van der Waals surface area (Å²) in [5.41, 5.74) is 1.65. The predicted octanol–water partition coefficient (Wildman–Crippen LogP) is 3.93. The SMILES string of the molecule is CCN(CC)S(=O)(=O)c1ccc(N2CCC(C)CC2)c(C(=O)Nc2ccc3c(c2)OCO3)c1. The molecular formula is C24H31N3O5S. The minimum absolute atomic E-state index is 0.121. The van der Waals surface area contributed by atoms with Gasteiger partial charge in [-0.2, -0.15) is 4.31 Å². The molecule has 0 bridgehead atoms. The molecule has 33 heavy (non-hydrogen) atoms. The summed E-state index contributed by atoms with van der Waals surface area (Å²) >= 11 is 0. The number of rotatable bonds is 7. The summed E-state index contributed by atoms with van der Waals surface area (Å²) in [6.45, 7) is 8.36. The van der Waals surface area contributed by atoms with Crippen LogP contribution in [0.25, 0.3) is 0 Å². The molecule has 2 aliphatic rings. The van der Waals surface area contributed by atoms with Crippen molar-refractivity contribution in [3.8, 4) is 11.5 Å². The highest BCUT2D eigenvalue weighted by atomic mass is 32.2. The molecule has 8 nitrogen and oxygen atoms in total. The topological polar surface area (TPSA) is 88.2 Å². The Bertz CT molecular complexity index is 1120. The minimum Gasteiger partial charge on any atom is -0.454 e. The van der Waals surface area contributed by atoms with Gasteiger partial charge in [0.05, 0.1) is 10.5 Å². The lowest BCUT2D eigenvalue weighted by Gasteiger charge is -2.33. The van der Waals surface area contributed by atoms with Crippen molar-refractivity contribution in [2.24, 2.45) is 5.92 Å². The fourth-order valence-electron chi connectivity index (χ4n) is 4.27. The number of benzene rings is 2. The molecule has 2 heterocycles. The molecule has 1 N–H and O–H groups in total. The van der Waals surface area contributed by atoms with Gasteiger partial charge in [-0.05, 0) is 49.1 Å². The summed E-state index contributed by atoms with van der Waals surface area (Å²) in [4.78, 5) is 15.7. The molecule has 178 valence electrons. The molecule has 2 aromatic rings. The Hall–Kier alpha value is -2.78. The number of ether oxygens (including phenoxy) is 2. The first-order chi connectivity index (χ1) is 15.8. The van der Waals surface area contributed by atoms with Gasteiger partial charge in [-0.25, -0.2) is 8.42 Å². The van der Waals surface area contributed by atoms with E-state index < -0.39 is 10.0 Å². The maximum atomic E-state index is 13.4. The van der Waals surface area contributed by atoms with Gasteiger partial charge in [0.15, 0.2) is 11.5 Å². The molecule has 0 atom stereocenters. The monoisotopic (exact) mass is 473 g/mol. The molecule has 2 aliphatic heterocycles. The molecule has 9 heteroatoms. The largest absolute Gasteiger partial charge is 0.454 e. The fraction of sp³-hybridized carbons (Fsp3) is 0.458. The molecule has 0 unspecified atom stereocenters. The normalized spacial score (nSPS) is 16.3. The molecule has 1 saturated heterocycles. The second-order valence-corrected chi connectivity index (χ2v) is 10.4. The number of anilines is 2. The van der Waals surface area contributed by atoms with Crippen molar-refractivity contribution in [2.45, 2.75) is 38.5 Å². The number of nitrogens with one attached hydrogen (secondary N) is 1. The van der Waals surface area contributed by atoms with Crippen molar-refractivity contribution in [1.29, 1.82) is 0 Å². The van der Waals surface area contributed by atoms with Crippen LogP contribution in [-0.4, -0.2) is 51.6 Å². The quantitative estimate of drug-likeness (QED) is 0.656. The first kappa shape index (κ1) is 23.4. The van der Waals surface area contributed by atoms with E-state index in [0.29, 0.717) is 41.8 Å². The zero-order valence-corrected chi connectivity index (χ0v) is 20.2. The molecule has 0 spiro atoms. The van der Waals surface area contributed by atoms with Crippen LogP contribution in [-0.2, 0) is 10.0 Å². The Morgan fingerprint density at radius 3 is 2.45 bits per heavy atom. The highest BCUT2D eigenvalue weighted by Crippen LogP contribution is 2.35. The smallest absolute Gasteiger partial charge is 0.257 e. The van der Waals surface area contributed by atoms with Crippen LogP contribution in [0.5, 0.6) is 11.5 Å². The van der Waals surface area contributed by atoms with Crippen LogP contribution >= 0.6 is 0 Å². The Kier molecular flexibility index (Phi) is 6.81. The number of carbonyl (C=O) groups excluding carboxylic acids is 1. The third kappa shape index (κ3) is 4.79. The number of nitrogens with zero attached hydrogens (tertiary/aromatic N) is 2. The van der Waals surface area contributed by atoms with Crippen molar-refractivity contribution >= 4 is 27.3 Å². The van der Waals surface area contributed by atoms with Crippen LogP contribution in [0.2, 0.25) is 0 Å². The van der Waals surface area contributed by atoms with E-state index in [9.17, 15) is 13.2 Å². The highest BCUT2D eigenvalue weighted by molar-refractivity contribution is 7.89. The van der Waals surface area contributed by atoms with Gasteiger partial charge in [-0.3, -0.25) is 4.79 Å². The van der Waals surface area contributed by atoms with E-state index in [0.717, 1.165) is 31.6 Å². The van der Waals surface area contributed by atoms with Crippen molar-refractivity contribution in [1.82, 2.24) is 4.31 Å². The molecule has 0 saturated carbocycles.